The van der Waals surface area contributed by atoms with Crippen LogP contribution in [0, 0.1) is 5.92 Å². The van der Waals surface area contributed by atoms with Gasteiger partial charge in [0, 0.05) is 39.4 Å². The van der Waals surface area contributed by atoms with Crippen molar-refractivity contribution in [3.8, 4) is 11.6 Å². The first-order valence-electron chi connectivity index (χ1n) is 11.7. The summed E-state index contributed by atoms with van der Waals surface area (Å²) < 4.78 is 13.0. The molecule has 0 aliphatic carbocycles. The maximum absolute atomic E-state index is 12.9. The smallest absolute Gasteiger partial charge is 0.217 e. The van der Waals surface area contributed by atoms with Crippen LogP contribution in [0.3, 0.4) is 0 Å². The van der Waals surface area contributed by atoms with Gasteiger partial charge in [0.15, 0.2) is 0 Å². The molecule has 0 radical (unpaired) electrons. The first-order valence-corrected chi connectivity index (χ1v) is 12.5. The number of para-hydroxylation sites is 1. The third kappa shape index (κ3) is 4.31. The van der Waals surface area contributed by atoms with Crippen LogP contribution in [0.5, 0.6) is 11.6 Å². The number of ether oxygens (including phenoxy) is 2. The molecular formula is C29H29BrN2O3. The van der Waals surface area contributed by atoms with Gasteiger partial charge in [-0.3, -0.25) is 0 Å². The number of aromatic nitrogens is 1. The summed E-state index contributed by atoms with van der Waals surface area (Å²) >= 11 is 3.59. The number of halogens is 1. The molecule has 1 N–H and O–H groups in total. The summed E-state index contributed by atoms with van der Waals surface area (Å²) in [5, 5.41) is 13.9. The van der Waals surface area contributed by atoms with Crippen molar-refractivity contribution in [1.82, 2.24) is 9.88 Å². The van der Waals surface area contributed by atoms with E-state index in [-0.39, 0.29) is 5.92 Å². The molecule has 5 nitrogen and oxygen atoms in total. The number of nitrogens with zero attached hydrogens (tertiary/aromatic N) is 2. The Hall–Kier alpha value is -2.93. The van der Waals surface area contributed by atoms with E-state index in [2.05, 4.69) is 39.0 Å². The minimum Gasteiger partial charge on any atom is -0.493 e. The van der Waals surface area contributed by atoms with Crippen molar-refractivity contribution in [3.05, 3.63) is 100 Å². The zero-order valence-electron chi connectivity index (χ0n) is 20.1. The van der Waals surface area contributed by atoms with Crippen LogP contribution in [0.15, 0.2) is 83.3 Å². The molecule has 0 unspecified atom stereocenters. The van der Waals surface area contributed by atoms with Crippen LogP contribution in [0.4, 0.5) is 0 Å². The van der Waals surface area contributed by atoms with Crippen LogP contribution < -0.4 is 9.47 Å². The molecule has 0 amide bonds. The Morgan fingerprint density at radius 2 is 1.83 bits per heavy atom. The van der Waals surface area contributed by atoms with E-state index in [0.29, 0.717) is 24.8 Å². The van der Waals surface area contributed by atoms with Gasteiger partial charge in [-0.05, 0) is 50.0 Å². The van der Waals surface area contributed by atoms with Crippen molar-refractivity contribution >= 4 is 26.8 Å². The van der Waals surface area contributed by atoms with Gasteiger partial charge in [0.25, 0.3) is 0 Å². The molecule has 0 saturated heterocycles. The highest BCUT2D eigenvalue weighted by atomic mass is 79.9. The van der Waals surface area contributed by atoms with E-state index in [9.17, 15) is 5.11 Å². The van der Waals surface area contributed by atoms with Crippen LogP contribution in [0.2, 0.25) is 0 Å². The average molecular weight is 533 g/mol. The fourth-order valence-electron chi connectivity index (χ4n) is 5.32. The second kappa shape index (κ2) is 9.61. The van der Waals surface area contributed by atoms with Crippen LogP contribution in [0.25, 0.3) is 10.9 Å². The molecule has 1 aromatic heterocycles. The molecule has 3 aromatic carbocycles. The highest BCUT2D eigenvalue weighted by Crippen LogP contribution is 2.53. The fourth-order valence-corrected chi connectivity index (χ4v) is 5.70. The van der Waals surface area contributed by atoms with Crippen molar-refractivity contribution in [2.24, 2.45) is 5.92 Å². The molecule has 5 rings (SSSR count). The highest BCUT2D eigenvalue weighted by molar-refractivity contribution is 9.10. The molecule has 35 heavy (non-hydrogen) atoms. The van der Waals surface area contributed by atoms with E-state index in [0.717, 1.165) is 32.1 Å². The SMILES string of the molecule is COc1nc2ccc(Br)cc2cc1[C@@H](c1ccccc1)[C@@]1(O)c2ccccc2OC[C@@H]1CN(C)C. The van der Waals surface area contributed by atoms with E-state index < -0.39 is 11.5 Å². The Balaban J connectivity index is 1.83. The third-order valence-electron chi connectivity index (χ3n) is 6.81. The van der Waals surface area contributed by atoms with E-state index in [4.69, 9.17) is 14.5 Å². The lowest BCUT2D eigenvalue weighted by atomic mass is 9.66. The van der Waals surface area contributed by atoms with Crippen molar-refractivity contribution < 1.29 is 14.6 Å². The summed E-state index contributed by atoms with van der Waals surface area (Å²) in [6.07, 6.45) is 0. The predicted molar refractivity (Wildman–Crippen MR) is 142 cm³/mol. The van der Waals surface area contributed by atoms with Crippen molar-refractivity contribution in [2.45, 2.75) is 11.5 Å². The topological polar surface area (TPSA) is 54.8 Å². The summed E-state index contributed by atoms with van der Waals surface area (Å²) in [7, 11) is 5.68. The molecule has 1 aliphatic heterocycles. The van der Waals surface area contributed by atoms with E-state index in [1.807, 2.05) is 74.8 Å². The number of fused-ring (bicyclic) bond motifs is 2. The van der Waals surface area contributed by atoms with Gasteiger partial charge >= 0.3 is 0 Å². The lowest BCUT2D eigenvalue weighted by molar-refractivity contribution is -0.0790. The Morgan fingerprint density at radius 3 is 2.57 bits per heavy atom. The van der Waals surface area contributed by atoms with Crippen molar-refractivity contribution in [3.63, 3.8) is 0 Å². The number of benzene rings is 3. The maximum atomic E-state index is 12.9. The molecular weight excluding hydrogens is 504 g/mol. The summed E-state index contributed by atoms with van der Waals surface area (Å²) in [5.41, 5.74) is 2.18. The summed E-state index contributed by atoms with van der Waals surface area (Å²) in [5.74, 6) is 0.584. The number of hydrogen-bond donors (Lipinski definition) is 1. The van der Waals surface area contributed by atoms with Gasteiger partial charge in [-0.2, -0.15) is 0 Å². The number of rotatable bonds is 6. The number of hydrogen-bond acceptors (Lipinski definition) is 5. The Bertz CT molecular complexity index is 1340. The lowest BCUT2D eigenvalue weighted by Gasteiger charge is -2.47. The van der Waals surface area contributed by atoms with Crippen LogP contribution in [0.1, 0.15) is 22.6 Å². The normalized spacial score (nSPS) is 20.3. The molecule has 1 aliphatic rings. The minimum atomic E-state index is -1.27. The second-order valence-electron chi connectivity index (χ2n) is 9.36. The zero-order valence-corrected chi connectivity index (χ0v) is 21.7. The molecule has 2 heterocycles. The Kier molecular flexibility index (Phi) is 6.53. The minimum absolute atomic E-state index is 0.194. The van der Waals surface area contributed by atoms with Gasteiger partial charge in [-0.15, -0.1) is 0 Å². The number of pyridine rings is 1. The largest absolute Gasteiger partial charge is 0.493 e. The fraction of sp³-hybridized carbons (Fsp3) is 0.276. The average Bonchev–Trinajstić information content (AvgIpc) is 2.86. The van der Waals surface area contributed by atoms with E-state index in [1.54, 1.807) is 7.11 Å². The van der Waals surface area contributed by atoms with E-state index in [1.165, 1.54) is 0 Å². The van der Waals surface area contributed by atoms with Gasteiger partial charge in [0.05, 0.1) is 19.2 Å². The summed E-state index contributed by atoms with van der Waals surface area (Å²) in [6.45, 7) is 1.06. The quantitative estimate of drug-likeness (QED) is 0.350. The van der Waals surface area contributed by atoms with Gasteiger partial charge in [0.2, 0.25) is 5.88 Å². The van der Waals surface area contributed by atoms with Gasteiger partial charge in [-0.1, -0.05) is 64.5 Å². The molecule has 180 valence electrons. The predicted octanol–water partition coefficient (Wildman–Crippen LogP) is 5.60. The van der Waals surface area contributed by atoms with Crippen molar-refractivity contribution in [1.29, 1.82) is 0 Å². The first kappa shape index (κ1) is 23.8. The van der Waals surface area contributed by atoms with Gasteiger partial charge in [-0.25, -0.2) is 4.98 Å². The molecule has 0 saturated carbocycles. The molecule has 3 atom stereocenters. The third-order valence-corrected chi connectivity index (χ3v) is 7.31. The molecule has 0 spiro atoms. The monoisotopic (exact) mass is 532 g/mol. The van der Waals surface area contributed by atoms with Crippen LogP contribution in [-0.4, -0.2) is 49.3 Å². The highest BCUT2D eigenvalue weighted by Gasteiger charge is 2.52. The zero-order chi connectivity index (χ0) is 24.6. The number of methoxy groups -OCH3 is 1. The molecule has 0 bridgehead atoms. The number of aliphatic hydroxyl groups is 1. The van der Waals surface area contributed by atoms with E-state index >= 15 is 0 Å². The standard InChI is InChI=1S/C29H29BrN2O3/c1-32(2)17-21-18-35-26-12-8-7-11-24(26)29(21,33)27(19-9-5-4-6-10-19)23-16-20-15-22(30)13-14-25(20)31-28(23)34-3/h4-16,21,27,33H,17-18H2,1-3H3/t21-,27+,29-/m0/s1. The molecule has 4 aromatic rings. The van der Waals surface area contributed by atoms with Crippen molar-refractivity contribution in [2.75, 3.05) is 34.4 Å². The Morgan fingerprint density at radius 1 is 1.09 bits per heavy atom. The second-order valence-corrected chi connectivity index (χ2v) is 10.3. The lowest BCUT2D eigenvalue weighted by Crippen LogP contribution is -2.50. The van der Waals surface area contributed by atoms with Crippen LogP contribution in [-0.2, 0) is 5.60 Å². The van der Waals surface area contributed by atoms with Crippen LogP contribution >= 0.6 is 15.9 Å². The summed E-state index contributed by atoms with van der Waals surface area (Å²) in [4.78, 5) is 6.95. The van der Waals surface area contributed by atoms with Gasteiger partial charge < -0.3 is 19.5 Å². The first-order chi connectivity index (χ1) is 16.9. The Labute approximate surface area is 214 Å². The summed E-state index contributed by atoms with van der Waals surface area (Å²) in [6, 6.07) is 26.0. The molecule has 6 heteroatoms. The molecule has 0 fully saturated rings. The van der Waals surface area contributed by atoms with Gasteiger partial charge in [0.1, 0.15) is 11.4 Å². The maximum Gasteiger partial charge on any atom is 0.217 e.